The summed E-state index contributed by atoms with van der Waals surface area (Å²) in [5, 5.41) is 3.08. The fourth-order valence-corrected chi connectivity index (χ4v) is 2.45. The maximum absolute atomic E-state index is 12.1. The van der Waals surface area contributed by atoms with E-state index < -0.39 is 9.84 Å². The molecular weight excluding hydrogens is 314 g/mol. The molecule has 1 aromatic carbocycles. The first-order chi connectivity index (χ1) is 9.04. The molecule has 0 aliphatic heterocycles. The zero-order chi connectivity index (χ0) is 15.6. The Hall–Kier alpha value is -1.11. The molecule has 1 N–H and O–H groups in total. The van der Waals surface area contributed by atoms with Crippen molar-refractivity contribution in [2.75, 3.05) is 19.9 Å². The summed E-state index contributed by atoms with van der Waals surface area (Å²) in [5.74, 6) is 0.0836. The highest BCUT2D eigenvalue weighted by molar-refractivity contribution is 7.90. The summed E-state index contributed by atoms with van der Waals surface area (Å²) in [6.07, 6.45) is 1.09. The zero-order valence-electron chi connectivity index (χ0n) is 12.9. The number of sulfone groups is 1. The molecule has 0 amide bonds. The SMILES string of the molecule is COc1ccc(C(=O)CNC(C)(C)C)cc1S(C)(=O)=O.Cl. The van der Waals surface area contributed by atoms with Gasteiger partial charge in [-0.3, -0.25) is 4.79 Å². The number of ketones is 1. The van der Waals surface area contributed by atoms with Gasteiger partial charge in [0.05, 0.1) is 13.7 Å². The number of ether oxygens (including phenoxy) is 1. The van der Waals surface area contributed by atoms with Crippen molar-refractivity contribution < 1.29 is 17.9 Å². The summed E-state index contributed by atoms with van der Waals surface area (Å²) in [7, 11) is -2.05. The summed E-state index contributed by atoms with van der Waals surface area (Å²) in [6, 6.07) is 4.43. The second-order valence-corrected chi connectivity index (χ2v) is 7.65. The van der Waals surface area contributed by atoms with Crippen molar-refractivity contribution in [3.05, 3.63) is 23.8 Å². The van der Waals surface area contributed by atoms with Crippen molar-refractivity contribution in [3.8, 4) is 5.75 Å². The Kier molecular flexibility index (Phi) is 6.86. The molecule has 0 radical (unpaired) electrons. The van der Waals surface area contributed by atoms with Crippen LogP contribution in [0.25, 0.3) is 0 Å². The molecule has 5 nitrogen and oxygen atoms in total. The molecule has 0 atom stereocenters. The molecule has 120 valence electrons. The van der Waals surface area contributed by atoms with Crippen molar-refractivity contribution in [1.29, 1.82) is 0 Å². The predicted octanol–water partition coefficient (Wildman–Crippen LogP) is 2.09. The van der Waals surface area contributed by atoms with Crippen molar-refractivity contribution in [3.63, 3.8) is 0 Å². The van der Waals surface area contributed by atoms with Crippen LogP contribution in [0.15, 0.2) is 23.1 Å². The van der Waals surface area contributed by atoms with Crippen molar-refractivity contribution in [1.82, 2.24) is 5.32 Å². The lowest BCUT2D eigenvalue weighted by Crippen LogP contribution is -2.39. The number of nitrogens with one attached hydrogen (secondary N) is 1. The summed E-state index contributed by atoms with van der Waals surface area (Å²) in [6.45, 7) is 6.02. The first kappa shape index (κ1) is 19.9. The van der Waals surface area contributed by atoms with Crippen LogP contribution in [0.2, 0.25) is 0 Å². The van der Waals surface area contributed by atoms with E-state index in [4.69, 9.17) is 4.74 Å². The number of methoxy groups -OCH3 is 1. The third-order valence-electron chi connectivity index (χ3n) is 2.66. The summed E-state index contributed by atoms with van der Waals surface area (Å²) in [4.78, 5) is 12.1. The Morgan fingerprint density at radius 1 is 1.29 bits per heavy atom. The quantitative estimate of drug-likeness (QED) is 0.834. The topological polar surface area (TPSA) is 72.5 Å². The maximum Gasteiger partial charge on any atom is 0.179 e. The molecule has 0 heterocycles. The van der Waals surface area contributed by atoms with E-state index in [9.17, 15) is 13.2 Å². The van der Waals surface area contributed by atoms with Gasteiger partial charge in [-0.05, 0) is 39.0 Å². The first-order valence-electron chi connectivity index (χ1n) is 6.21. The first-order valence-corrected chi connectivity index (χ1v) is 8.10. The summed E-state index contributed by atoms with van der Waals surface area (Å²) < 4.78 is 28.4. The van der Waals surface area contributed by atoms with Crippen molar-refractivity contribution in [2.45, 2.75) is 31.2 Å². The summed E-state index contributed by atoms with van der Waals surface area (Å²) >= 11 is 0. The second-order valence-electron chi connectivity index (χ2n) is 5.66. The Morgan fingerprint density at radius 2 is 1.86 bits per heavy atom. The highest BCUT2D eigenvalue weighted by Crippen LogP contribution is 2.24. The third kappa shape index (κ3) is 6.03. The molecule has 0 saturated carbocycles. The molecule has 0 bridgehead atoms. The van der Waals surface area contributed by atoms with Gasteiger partial charge in [-0.1, -0.05) is 0 Å². The van der Waals surface area contributed by atoms with Crippen LogP contribution in [0.4, 0.5) is 0 Å². The molecule has 21 heavy (non-hydrogen) atoms. The molecule has 1 rings (SSSR count). The lowest BCUT2D eigenvalue weighted by Gasteiger charge is -2.20. The number of hydrogen-bond acceptors (Lipinski definition) is 5. The van der Waals surface area contributed by atoms with Crippen LogP contribution in [0, 0.1) is 0 Å². The molecule has 0 unspecified atom stereocenters. The monoisotopic (exact) mass is 335 g/mol. The molecule has 0 fully saturated rings. The molecule has 0 aliphatic carbocycles. The summed E-state index contributed by atoms with van der Waals surface area (Å²) in [5.41, 5.74) is 0.171. The van der Waals surface area contributed by atoms with Gasteiger partial charge >= 0.3 is 0 Å². The average Bonchev–Trinajstić information content (AvgIpc) is 2.33. The van der Waals surface area contributed by atoms with Gasteiger partial charge in [-0.25, -0.2) is 8.42 Å². The standard InChI is InChI=1S/C14H21NO4S.ClH/c1-14(2,3)15-9-11(16)10-6-7-12(19-4)13(8-10)20(5,17)18;/h6-8,15H,9H2,1-5H3;1H. The number of halogens is 1. The minimum absolute atomic E-state index is 0. The lowest BCUT2D eigenvalue weighted by atomic mass is 10.1. The minimum Gasteiger partial charge on any atom is -0.495 e. The number of hydrogen-bond donors (Lipinski definition) is 1. The molecule has 0 aromatic heterocycles. The highest BCUT2D eigenvalue weighted by atomic mass is 35.5. The second kappa shape index (κ2) is 7.24. The van der Waals surface area contributed by atoms with Crippen LogP contribution in [-0.2, 0) is 9.84 Å². The predicted molar refractivity (Wildman–Crippen MR) is 85.4 cm³/mol. The van der Waals surface area contributed by atoms with E-state index in [1.807, 2.05) is 20.8 Å². The maximum atomic E-state index is 12.1. The average molecular weight is 336 g/mol. The Balaban J connectivity index is 0.00000400. The van der Waals surface area contributed by atoms with Gasteiger partial charge < -0.3 is 10.1 Å². The number of carbonyl (C=O) groups is 1. The van der Waals surface area contributed by atoms with Crippen LogP contribution < -0.4 is 10.1 Å². The van der Waals surface area contributed by atoms with E-state index in [0.29, 0.717) is 5.56 Å². The normalized spacial score (nSPS) is 11.7. The Bertz CT molecular complexity index is 606. The van der Waals surface area contributed by atoms with E-state index in [1.165, 1.54) is 19.2 Å². The van der Waals surface area contributed by atoms with Crippen LogP contribution in [0.5, 0.6) is 5.75 Å². The van der Waals surface area contributed by atoms with Crippen LogP contribution in [0.3, 0.4) is 0 Å². The van der Waals surface area contributed by atoms with Crippen LogP contribution in [0.1, 0.15) is 31.1 Å². The zero-order valence-corrected chi connectivity index (χ0v) is 14.5. The van der Waals surface area contributed by atoms with Gasteiger partial charge in [0.1, 0.15) is 10.6 Å². The smallest absolute Gasteiger partial charge is 0.179 e. The van der Waals surface area contributed by atoms with Gasteiger partial charge in [0.2, 0.25) is 0 Å². The molecule has 0 aliphatic rings. The van der Waals surface area contributed by atoms with Crippen LogP contribution in [-0.4, -0.2) is 39.7 Å². The van der Waals surface area contributed by atoms with Gasteiger partial charge in [0.15, 0.2) is 15.6 Å². The molecule has 0 saturated heterocycles. The molecule has 7 heteroatoms. The fourth-order valence-electron chi connectivity index (χ4n) is 1.59. The van der Waals surface area contributed by atoms with E-state index in [-0.39, 0.29) is 40.9 Å². The molecule has 1 aromatic rings. The Morgan fingerprint density at radius 3 is 2.29 bits per heavy atom. The van der Waals surface area contributed by atoms with Gasteiger partial charge in [-0.2, -0.15) is 0 Å². The van der Waals surface area contributed by atoms with Gasteiger partial charge in [0, 0.05) is 17.4 Å². The highest BCUT2D eigenvalue weighted by Gasteiger charge is 2.18. The van der Waals surface area contributed by atoms with E-state index in [2.05, 4.69) is 5.32 Å². The van der Waals surface area contributed by atoms with Crippen molar-refractivity contribution >= 4 is 28.0 Å². The van der Waals surface area contributed by atoms with E-state index in [0.717, 1.165) is 6.26 Å². The minimum atomic E-state index is -3.44. The lowest BCUT2D eigenvalue weighted by molar-refractivity contribution is 0.0982. The third-order valence-corrected chi connectivity index (χ3v) is 3.78. The number of carbonyl (C=O) groups excluding carboxylic acids is 1. The number of benzene rings is 1. The van der Waals surface area contributed by atoms with Gasteiger partial charge in [-0.15, -0.1) is 12.4 Å². The fraction of sp³-hybridized carbons (Fsp3) is 0.500. The molecule has 0 spiro atoms. The van der Waals surface area contributed by atoms with Crippen molar-refractivity contribution in [2.24, 2.45) is 0 Å². The number of rotatable bonds is 5. The number of Topliss-reactive ketones (excluding diaryl/α,β-unsaturated/α-hetero) is 1. The van der Waals surface area contributed by atoms with E-state index in [1.54, 1.807) is 6.07 Å². The Labute approximate surface area is 132 Å². The van der Waals surface area contributed by atoms with Gasteiger partial charge in [0.25, 0.3) is 0 Å². The van der Waals surface area contributed by atoms with Crippen LogP contribution >= 0.6 is 12.4 Å². The largest absolute Gasteiger partial charge is 0.495 e. The molecular formula is C14H22ClNO4S. The van der Waals surface area contributed by atoms with E-state index >= 15 is 0 Å².